The molecule has 2 fully saturated rings. The monoisotopic (exact) mass is 441 g/mol. The van der Waals surface area contributed by atoms with Crippen molar-refractivity contribution < 1.29 is 32.3 Å². The smallest absolute Gasteiger partial charge is 0.406 e. The molecule has 1 saturated heterocycles. The Labute approximate surface area is 178 Å². The minimum Gasteiger partial charge on any atom is -0.406 e. The predicted molar refractivity (Wildman–Crippen MR) is 105 cm³/mol. The summed E-state index contributed by atoms with van der Waals surface area (Å²) in [6, 6.07) is 3.93. The van der Waals surface area contributed by atoms with E-state index in [4.69, 9.17) is 0 Å². The Bertz CT molecular complexity index is 858. The average molecular weight is 441 g/mol. The number of hydrogen-bond acceptors (Lipinski definition) is 4. The number of nitrogens with one attached hydrogen (secondary N) is 2. The van der Waals surface area contributed by atoms with Crippen LogP contribution in [0.4, 0.5) is 18.0 Å². The van der Waals surface area contributed by atoms with Crippen LogP contribution in [0.3, 0.4) is 0 Å². The van der Waals surface area contributed by atoms with Gasteiger partial charge in [-0.05, 0) is 42.9 Å². The third-order valence-corrected chi connectivity index (χ3v) is 6.30. The Morgan fingerprint density at radius 2 is 1.87 bits per heavy atom. The summed E-state index contributed by atoms with van der Waals surface area (Å²) in [6.45, 7) is 5.23. The number of amides is 4. The van der Waals surface area contributed by atoms with Crippen molar-refractivity contribution in [2.45, 2.75) is 58.0 Å². The van der Waals surface area contributed by atoms with E-state index in [0.717, 1.165) is 36.3 Å². The van der Waals surface area contributed by atoms with Gasteiger partial charge in [0.2, 0.25) is 5.91 Å². The Morgan fingerprint density at radius 3 is 2.48 bits per heavy atom. The third-order valence-electron chi connectivity index (χ3n) is 6.30. The van der Waals surface area contributed by atoms with Crippen molar-refractivity contribution in [3.63, 3.8) is 0 Å². The molecular formula is C21H26F3N3O4. The van der Waals surface area contributed by atoms with Crippen molar-refractivity contribution >= 4 is 17.8 Å². The van der Waals surface area contributed by atoms with Gasteiger partial charge in [0.05, 0.1) is 0 Å². The second kappa shape index (κ2) is 8.39. The van der Waals surface area contributed by atoms with Gasteiger partial charge in [-0.3, -0.25) is 14.5 Å². The van der Waals surface area contributed by atoms with Crippen LogP contribution in [0.5, 0.6) is 5.75 Å². The van der Waals surface area contributed by atoms with Crippen LogP contribution in [0, 0.1) is 11.8 Å². The first-order valence-corrected chi connectivity index (χ1v) is 10.2. The summed E-state index contributed by atoms with van der Waals surface area (Å²) < 4.78 is 40.8. The fraction of sp³-hybridized carbons (Fsp3) is 0.571. The van der Waals surface area contributed by atoms with E-state index in [2.05, 4.69) is 29.2 Å². The molecule has 4 atom stereocenters. The molecular weight excluding hydrogens is 415 g/mol. The van der Waals surface area contributed by atoms with Gasteiger partial charge in [-0.25, -0.2) is 4.79 Å². The summed E-state index contributed by atoms with van der Waals surface area (Å²) >= 11 is 0. The minimum atomic E-state index is -4.83. The Balaban J connectivity index is 1.67. The van der Waals surface area contributed by atoms with E-state index in [1.165, 1.54) is 19.1 Å². The van der Waals surface area contributed by atoms with Crippen LogP contribution < -0.4 is 15.4 Å². The molecule has 1 aromatic carbocycles. The van der Waals surface area contributed by atoms with Crippen molar-refractivity contribution in [2.75, 3.05) is 6.54 Å². The molecule has 1 aliphatic carbocycles. The molecule has 0 aromatic heterocycles. The molecule has 31 heavy (non-hydrogen) atoms. The van der Waals surface area contributed by atoms with E-state index < -0.39 is 42.0 Å². The number of carbonyl (C=O) groups excluding carboxylic acids is 3. The molecule has 1 aromatic rings. The first-order valence-electron chi connectivity index (χ1n) is 10.2. The van der Waals surface area contributed by atoms with Gasteiger partial charge in [0.1, 0.15) is 17.8 Å². The number of benzene rings is 1. The van der Waals surface area contributed by atoms with Gasteiger partial charge in [0.15, 0.2) is 0 Å². The largest absolute Gasteiger partial charge is 0.573 e. The normalized spacial score (nSPS) is 29.0. The van der Waals surface area contributed by atoms with Gasteiger partial charge in [-0.15, -0.1) is 13.2 Å². The van der Waals surface area contributed by atoms with Crippen molar-refractivity contribution in [3.05, 3.63) is 29.8 Å². The van der Waals surface area contributed by atoms with Gasteiger partial charge in [-0.2, -0.15) is 0 Å². The highest BCUT2D eigenvalue weighted by molar-refractivity contribution is 6.09. The zero-order valence-electron chi connectivity index (χ0n) is 17.6. The first kappa shape index (κ1) is 22.9. The van der Waals surface area contributed by atoms with Crippen LogP contribution in [0.2, 0.25) is 0 Å². The molecule has 4 amide bonds. The van der Waals surface area contributed by atoms with E-state index in [-0.39, 0.29) is 11.6 Å². The molecule has 10 heteroatoms. The molecule has 7 nitrogen and oxygen atoms in total. The number of nitrogens with zero attached hydrogens (tertiary/aromatic N) is 1. The van der Waals surface area contributed by atoms with Crippen LogP contribution >= 0.6 is 0 Å². The number of hydrogen-bond donors (Lipinski definition) is 2. The van der Waals surface area contributed by atoms with Gasteiger partial charge in [0.25, 0.3) is 5.91 Å². The second-order valence-corrected chi connectivity index (χ2v) is 8.46. The standard InChI is InChI=1S/C21H26F3N3O4/c1-12-5-4-6-16(13(12)2)25-17(28)11-27-18(29)20(3,26-19(27)30)14-7-9-15(10-8-14)31-21(22,23)24/h7-10,12-13,16H,4-6,11H2,1-3H3,(H,25,28)(H,26,30). The predicted octanol–water partition coefficient (Wildman–Crippen LogP) is 3.29. The van der Waals surface area contributed by atoms with Crippen molar-refractivity contribution in [3.8, 4) is 5.75 Å². The maximum atomic E-state index is 12.9. The molecule has 1 saturated carbocycles. The molecule has 0 radical (unpaired) electrons. The first-order chi connectivity index (χ1) is 14.4. The lowest BCUT2D eigenvalue weighted by atomic mass is 9.78. The quantitative estimate of drug-likeness (QED) is 0.687. The van der Waals surface area contributed by atoms with E-state index in [0.29, 0.717) is 11.8 Å². The number of urea groups is 1. The van der Waals surface area contributed by atoms with Gasteiger partial charge >= 0.3 is 12.4 Å². The minimum absolute atomic E-state index is 0.00965. The number of alkyl halides is 3. The SMILES string of the molecule is CC1CCCC(NC(=O)CN2C(=O)NC(C)(c3ccc(OC(F)(F)F)cc3)C2=O)C1C. The second-order valence-electron chi connectivity index (χ2n) is 8.46. The van der Waals surface area contributed by atoms with Crippen LogP contribution in [-0.2, 0) is 15.1 Å². The zero-order valence-corrected chi connectivity index (χ0v) is 17.6. The maximum Gasteiger partial charge on any atom is 0.573 e. The van der Waals surface area contributed by atoms with Gasteiger partial charge < -0.3 is 15.4 Å². The van der Waals surface area contributed by atoms with Crippen molar-refractivity contribution in [2.24, 2.45) is 11.8 Å². The summed E-state index contributed by atoms with van der Waals surface area (Å²) in [5.74, 6) is -0.745. The Morgan fingerprint density at radius 1 is 1.23 bits per heavy atom. The Kier molecular flexibility index (Phi) is 6.20. The lowest BCUT2D eigenvalue weighted by Gasteiger charge is -2.34. The summed E-state index contributed by atoms with van der Waals surface area (Å²) in [6.07, 6.45) is -1.88. The highest BCUT2D eigenvalue weighted by Crippen LogP contribution is 2.32. The summed E-state index contributed by atoms with van der Waals surface area (Å²) in [4.78, 5) is 38.7. The van der Waals surface area contributed by atoms with E-state index in [1.54, 1.807) is 0 Å². The lowest BCUT2D eigenvalue weighted by Crippen LogP contribution is -2.48. The third kappa shape index (κ3) is 4.94. The number of rotatable bonds is 5. The molecule has 3 rings (SSSR count). The number of imide groups is 1. The van der Waals surface area contributed by atoms with E-state index in [1.807, 2.05) is 0 Å². The molecule has 0 bridgehead atoms. The van der Waals surface area contributed by atoms with Crippen LogP contribution in [0.25, 0.3) is 0 Å². The maximum absolute atomic E-state index is 12.9. The lowest BCUT2D eigenvalue weighted by molar-refractivity contribution is -0.274. The van der Waals surface area contributed by atoms with Crippen LogP contribution in [0.15, 0.2) is 24.3 Å². The molecule has 170 valence electrons. The zero-order chi connectivity index (χ0) is 23.0. The van der Waals surface area contributed by atoms with Crippen molar-refractivity contribution in [1.82, 2.24) is 15.5 Å². The average Bonchev–Trinajstić information content (AvgIpc) is 2.89. The molecule has 2 N–H and O–H groups in total. The fourth-order valence-corrected chi connectivity index (χ4v) is 4.21. The van der Waals surface area contributed by atoms with Gasteiger partial charge in [0, 0.05) is 6.04 Å². The number of carbonyl (C=O) groups is 3. The molecule has 1 aliphatic heterocycles. The summed E-state index contributed by atoms with van der Waals surface area (Å²) in [5.41, 5.74) is -1.22. The fourth-order valence-electron chi connectivity index (χ4n) is 4.21. The number of ether oxygens (including phenoxy) is 1. The molecule has 4 unspecified atom stereocenters. The molecule has 2 aliphatic rings. The molecule has 0 spiro atoms. The highest BCUT2D eigenvalue weighted by Gasteiger charge is 2.49. The Hall–Kier alpha value is -2.78. The van der Waals surface area contributed by atoms with Gasteiger partial charge in [-0.1, -0.05) is 38.8 Å². The molecule has 1 heterocycles. The summed E-state index contributed by atoms with van der Waals surface area (Å²) in [5, 5.41) is 5.46. The van der Waals surface area contributed by atoms with Crippen LogP contribution in [-0.4, -0.2) is 41.7 Å². The topological polar surface area (TPSA) is 87.7 Å². The highest BCUT2D eigenvalue weighted by atomic mass is 19.4. The van der Waals surface area contributed by atoms with Crippen molar-refractivity contribution in [1.29, 1.82) is 0 Å². The van der Waals surface area contributed by atoms with E-state index >= 15 is 0 Å². The summed E-state index contributed by atoms with van der Waals surface area (Å²) in [7, 11) is 0. The van der Waals surface area contributed by atoms with Crippen LogP contribution in [0.1, 0.15) is 45.6 Å². The number of halogens is 3. The van der Waals surface area contributed by atoms with E-state index in [9.17, 15) is 27.6 Å².